The van der Waals surface area contributed by atoms with E-state index in [1.165, 1.54) is 11.1 Å². The summed E-state index contributed by atoms with van der Waals surface area (Å²) in [6, 6.07) is 6.31. The van der Waals surface area contributed by atoms with Crippen molar-refractivity contribution in [2.45, 2.75) is 32.2 Å². The Morgan fingerprint density at radius 3 is 2.88 bits per heavy atom. The van der Waals surface area contributed by atoms with Crippen molar-refractivity contribution in [3.8, 4) is 5.75 Å². The number of hydrogen-bond donors (Lipinski definition) is 0. The van der Waals surface area contributed by atoms with Gasteiger partial charge < -0.3 is 9.64 Å². The fraction of sp³-hybridized carbons (Fsp3) is 0.500. The second-order valence-corrected chi connectivity index (χ2v) is 4.57. The van der Waals surface area contributed by atoms with E-state index in [0.29, 0.717) is 0 Å². The molecular formula is C14H19NO2. The molecule has 0 heterocycles. The average Bonchev–Trinajstić information content (AvgIpc) is 2.36. The molecule has 1 aromatic rings. The lowest BCUT2D eigenvalue weighted by molar-refractivity contribution is -0.130. The van der Waals surface area contributed by atoms with Gasteiger partial charge in [-0.25, -0.2) is 0 Å². The van der Waals surface area contributed by atoms with Crippen molar-refractivity contribution >= 4 is 5.91 Å². The van der Waals surface area contributed by atoms with Crippen LogP contribution in [0, 0.1) is 0 Å². The number of nitrogens with zero attached hydrogens (tertiary/aromatic N) is 1. The highest BCUT2D eigenvalue weighted by molar-refractivity contribution is 5.73. The number of rotatable bonds is 2. The van der Waals surface area contributed by atoms with Gasteiger partial charge in [0.1, 0.15) is 5.75 Å². The molecular weight excluding hydrogens is 214 g/mol. The van der Waals surface area contributed by atoms with E-state index in [-0.39, 0.29) is 11.9 Å². The average molecular weight is 233 g/mol. The summed E-state index contributed by atoms with van der Waals surface area (Å²) in [6.07, 6.45) is 3.19. The molecule has 92 valence electrons. The third-order valence-electron chi connectivity index (χ3n) is 3.62. The van der Waals surface area contributed by atoms with Gasteiger partial charge in [0.15, 0.2) is 0 Å². The summed E-state index contributed by atoms with van der Waals surface area (Å²) in [4.78, 5) is 13.3. The van der Waals surface area contributed by atoms with E-state index >= 15 is 0 Å². The number of carbonyl (C=O) groups is 1. The van der Waals surface area contributed by atoms with E-state index in [9.17, 15) is 4.79 Å². The summed E-state index contributed by atoms with van der Waals surface area (Å²) in [6.45, 7) is 1.62. The maximum atomic E-state index is 11.5. The molecule has 17 heavy (non-hydrogen) atoms. The minimum Gasteiger partial charge on any atom is -0.496 e. The molecule has 1 aliphatic rings. The lowest BCUT2D eigenvalue weighted by atomic mass is 9.86. The molecule has 0 radical (unpaired) electrons. The highest BCUT2D eigenvalue weighted by Crippen LogP contribution is 2.37. The highest BCUT2D eigenvalue weighted by atomic mass is 16.5. The zero-order valence-electron chi connectivity index (χ0n) is 10.7. The zero-order valence-corrected chi connectivity index (χ0v) is 10.7. The molecule has 1 amide bonds. The van der Waals surface area contributed by atoms with Crippen LogP contribution in [-0.4, -0.2) is 25.0 Å². The van der Waals surface area contributed by atoms with Gasteiger partial charge in [0.25, 0.3) is 0 Å². The Balaban J connectivity index is 2.41. The molecule has 0 aliphatic heterocycles. The maximum absolute atomic E-state index is 11.5. The Hall–Kier alpha value is -1.51. The third-order valence-corrected chi connectivity index (χ3v) is 3.62. The lowest BCUT2D eigenvalue weighted by Gasteiger charge is -2.33. The van der Waals surface area contributed by atoms with Crippen LogP contribution in [0.15, 0.2) is 18.2 Å². The minimum atomic E-state index is 0.116. The van der Waals surface area contributed by atoms with Crippen molar-refractivity contribution in [2.24, 2.45) is 0 Å². The van der Waals surface area contributed by atoms with Crippen LogP contribution in [0.5, 0.6) is 5.75 Å². The number of benzene rings is 1. The van der Waals surface area contributed by atoms with E-state index in [4.69, 9.17) is 4.74 Å². The van der Waals surface area contributed by atoms with Crippen LogP contribution in [0.25, 0.3) is 0 Å². The van der Waals surface area contributed by atoms with Gasteiger partial charge in [-0.2, -0.15) is 0 Å². The largest absolute Gasteiger partial charge is 0.496 e. The monoisotopic (exact) mass is 233 g/mol. The van der Waals surface area contributed by atoms with Crippen molar-refractivity contribution in [3.63, 3.8) is 0 Å². The van der Waals surface area contributed by atoms with Gasteiger partial charge in [-0.3, -0.25) is 4.79 Å². The molecule has 2 rings (SSSR count). The van der Waals surface area contributed by atoms with E-state index in [2.05, 4.69) is 6.07 Å². The molecule has 0 N–H and O–H groups in total. The van der Waals surface area contributed by atoms with Crippen molar-refractivity contribution < 1.29 is 9.53 Å². The van der Waals surface area contributed by atoms with Crippen LogP contribution < -0.4 is 4.74 Å². The fourth-order valence-electron chi connectivity index (χ4n) is 2.60. The summed E-state index contributed by atoms with van der Waals surface area (Å²) in [5.41, 5.74) is 2.51. The molecule has 0 saturated carbocycles. The molecule has 0 fully saturated rings. The Morgan fingerprint density at radius 2 is 2.24 bits per heavy atom. The Morgan fingerprint density at radius 1 is 1.47 bits per heavy atom. The van der Waals surface area contributed by atoms with E-state index in [1.54, 1.807) is 14.0 Å². The van der Waals surface area contributed by atoms with Crippen LogP contribution in [-0.2, 0) is 11.2 Å². The SMILES string of the molecule is COc1cccc2c1CCC[C@@H]2N(C)C(C)=O. The molecule has 1 aromatic carbocycles. The van der Waals surface area contributed by atoms with Crippen LogP contribution >= 0.6 is 0 Å². The Bertz CT molecular complexity index is 428. The smallest absolute Gasteiger partial charge is 0.219 e. The maximum Gasteiger partial charge on any atom is 0.219 e. The molecule has 0 unspecified atom stereocenters. The lowest BCUT2D eigenvalue weighted by Crippen LogP contribution is -2.31. The first-order valence-electron chi connectivity index (χ1n) is 6.04. The second-order valence-electron chi connectivity index (χ2n) is 4.57. The van der Waals surface area contributed by atoms with Gasteiger partial charge in [-0.1, -0.05) is 12.1 Å². The van der Waals surface area contributed by atoms with E-state index in [0.717, 1.165) is 25.0 Å². The summed E-state index contributed by atoms with van der Waals surface area (Å²) >= 11 is 0. The number of methoxy groups -OCH3 is 1. The molecule has 1 aliphatic carbocycles. The van der Waals surface area contributed by atoms with Gasteiger partial charge in [0.2, 0.25) is 5.91 Å². The van der Waals surface area contributed by atoms with Gasteiger partial charge in [0, 0.05) is 14.0 Å². The number of fused-ring (bicyclic) bond motifs is 1. The fourth-order valence-corrected chi connectivity index (χ4v) is 2.60. The van der Waals surface area contributed by atoms with Crippen molar-refractivity contribution in [1.29, 1.82) is 0 Å². The molecule has 0 aromatic heterocycles. The molecule has 0 bridgehead atoms. The topological polar surface area (TPSA) is 29.5 Å². The predicted octanol–water partition coefficient (Wildman–Crippen LogP) is 2.55. The molecule has 0 saturated heterocycles. The molecule has 3 heteroatoms. The summed E-state index contributed by atoms with van der Waals surface area (Å²) < 4.78 is 5.40. The quantitative estimate of drug-likeness (QED) is 0.785. The van der Waals surface area contributed by atoms with Crippen LogP contribution in [0.4, 0.5) is 0 Å². The van der Waals surface area contributed by atoms with Crippen LogP contribution in [0.3, 0.4) is 0 Å². The predicted molar refractivity (Wildman–Crippen MR) is 67.1 cm³/mol. The molecule has 1 atom stereocenters. The van der Waals surface area contributed by atoms with Gasteiger partial charge in [-0.15, -0.1) is 0 Å². The van der Waals surface area contributed by atoms with E-state index < -0.39 is 0 Å². The first kappa shape index (κ1) is 12.0. The minimum absolute atomic E-state index is 0.116. The van der Waals surface area contributed by atoms with Gasteiger partial charge in [0.05, 0.1) is 13.2 Å². The normalized spacial score (nSPS) is 18.4. The van der Waals surface area contributed by atoms with Crippen LogP contribution in [0.1, 0.15) is 36.9 Å². The van der Waals surface area contributed by atoms with Crippen molar-refractivity contribution in [1.82, 2.24) is 4.90 Å². The standard InChI is InChI=1S/C14H19NO2/c1-10(16)15(2)13-8-4-7-12-11(13)6-5-9-14(12)17-3/h5-6,9,13H,4,7-8H2,1-3H3/t13-/m0/s1. The Labute approximate surface area is 102 Å². The number of carbonyl (C=O) groups excluding carboxylic acids is 1. The third kappa shape index (κ3) is 2.14. The highest BCUT2D eigenvalue weighted by Gasteiger charge is 2.26. The second kappa shape index (κ2) is 4.78. The summed E-state index contributed by atoms with van der Waals surface area (Å²) in [7, 11) is 3.58. The number of ether oxygens (including phenoxy) is 1. The molecule has 0 spiro atoms. The van der Waals surface area contributed by atoms with Crippen molar-refractivity contribution in [2.75, 3.05) is 14.2 Å². The first-order chi connectivity index (χ1) is 8.15. The number of amides is 1. The molecule has 3 nitrogen and oxygen atoms in total. The number of hydrogen-bond acceptors (Lipinski definition) is 2. The summed E-state index contributed by atoms with van der Waals surface area (Å²) in [5, 5.41) is 0. The Kier molecular flexibility index (Phi) is 3.36. The summed E-state index contributed by atoms with van der Waals surface area (Å²) in [5.74, 6) is 1.06. The van der Waals surface area contributed by atoms with Gasteiger partial charge in [-0.05, 0) is 36.5 Å². The zero-order chi connectivity index (χ0) is 12.4. The van der Waals surface area contributed by atoms with Gasteiger partial charge >= 0.3 is 0 Å². The first-order valence-corrected chi connectivity index (χ1v) is 6.04. The van der Waals surface area contributed by atoms with Crippen molar-refractivity contribution in [3.05, 3.63) is 29.3 Å². The van der Waals surface area contributed by atoms with Crippen LogP contribution in [0.2, 0.25) is 0 Å². The van der Waals surface area contributed by atoms with E-state index in [1.807, 2.05) is 24.1 Å².